The largest absolute Gasteiger partial charge is 0.380 e. The highest BCUT2D eigenvalue weighted by atomic mass is 16.5. The van der Waals surface area contributed by atoms with Gasteiger partial charge < -0.3 is 15.4 Å². The van der Waals surface area contributed by atoms with Crippen molar-refractivity contribution in [2.75, 3.05) is 20.2 Å². The fourth-order valence-electron chi connectivity index (χ4n) is 1.40. The first kappa shape index (κ1) is 13.4. The highest BCUT2D eigenvalue weighted by Gasteiger charge is 2.18. The number of carbonyl (C=O) groups excluding carboxylic acids is 1. The van der Waals surface area contributed by atoms with Crippen molar-refractivity contribution >= 4 is 5.91 Å². The summed E-state index contributed by atoms with van der Waals surface area (Å²) in [4.78, 5) is 13.6. The van der Waals surface area contributed by atoms with Crippen molar-refractivity contribution < 1.29 is 9.53 Å². The van der Waals surface area contributed by atoms with Gasteiger partial charge in [0, 0.05) is 26.2 Å². The van der Waals surface area contributed by atoms with E-state index >= 15 is 0 Å². The highest BCUT2D eigenvalue weighted by Crippen LogP contribution is 2.04. The van der Waals surface area contributed by atoms with E-state index in [1.54, 1.807) is 7.11 Å². The first-order valence-electron chi connectivity index (χ1n) is 5.09. The maximum absolute atomic E-state index is 11.7. The van der Waals surface area contributed by atoms with Gasteiger partial charge in [-0.15, -0.1) is 0 Å². The second-order valence-corrected chi connectivity index (χ2v) is 3.57. The molecular weight excluding hydrogens is 180 g/mol. The van der Waals surface area contributed by atoms with E-state index in [9.17, 15) is 4.79 Å². The smallest absolute Gasteiger partial charge is 0.225 e. The summed E-state index contributed by atoms with van der Waals surface area (Å²) >= 11 is 0. The predicted octanol–water partition coefficient (Wildman–Crippen LogP) is 0.607. The molecule has 0 fully saturated rings. The Hall–Kier alpha value is -0.610. The number of hydrogen-bond donors (Lipinski definition) is 1. The molecule has 0 aromatic heterocycles. The molecule has 0 radical (unpaired) electrons. The van der Waals surface area contributed by atoms with Gasteiger partial charge in [0.25, 0.3) is 0 Å². The van der Waals surface area contributed by atoms with Crippen molar-refractivity contribution in [2.45, 2.75) is 39.3 Å². The van der Waals surface area contributed by atoms with Crippen molar-refractivity contribution in [3.63, 3.8) is 0 Å². The predicted molar refractivity (Wildman–Crippen MR) is 57.0 cm³/mol. The third-order valence-corrected chi connectivity index (χ3v) is 2.28. The number of nitrogens with two attached hydrogens (primary N) is 1. The SMILES string of the molecule is CCN(C(=O)CC(CN)OC)C(C)C. The number of methoxy groups -OCH3 is 1. The highest BCUT2D eigenvalue weighted by molar-refractivity contribution is 5.77. The third-order valence-electron chi connectivity index (χ3n) is 2.28. The Balaban J connectivity index is 4.16. The molecule has 0 spiro atoms. The summed E-state index contributed by atoms with van der Waals surface area (Å²) in [6.45, 7) is 7.11. The Morgan fingerprint density at radius 3 is 2.36 bits per heavy atom. The lowest BCUT2D eigenvalue weighted by molar-refractivity contribution is -0.135. The lowest BCUT2D eigenvalue weighted by atomic mass is 10.2. The molecule has 1 unspecified atom stereocenters. The maximum atomic E-state index is 11.7. The lowest BCUT2D eigenvalue weighted by Gasteiger charge is -2.26. The van der Waals surface area contributed by atoms with E-state index in [2.05, 4.69) is 0 Å². The van der Waals surface area contributed by atoms with Gasteiger partial charge >= 0.3 is 0 Å². The van der Waals surface area contributed by atoms with Gasteiger partial charge in [-0.25, -0.2) is 0 Å². The summed E-state index contributed by atoms with van der Waals surface area (Å²) in [6, 6.07) is 0.239. The molecule has 0 aromatic carbocycles. The van der Waals surface area contributed by atoms with Gasteiger partial charge in [-0.3, -0.25) is 4.79 Å². The molecule has 0 aliphatic carbocycles. The first-order valence-corrected chi connectivity index (χ1v) is 5.09. The molecule has 84 valence electrons. The Morgan fingerprint density at radius 2 is 2.07 bits per heavy atom. The minimum absolute atomic E-state index is 0.111. The summed E-state index contributed by atoms with van der Waals surface area (Å²) in [5.74, 6) is 0.111. The van der Waals surface area contributed by atoms with Crippen LogP contribution in [0.2, 0.25) is 0 Å². The van der Waals surface area contributed by atoms with Crippen LogP contribution in [0.3, 0.4) is 0 Å². The Bertz CT molecular complexity index is 168. The summed E-state index contributed by atoms with van der Waals surface area (Å²) in [5.41, 5.74) is 5.45. The maximum Gasteiger partial charge on any atom is 0.225 e. The number of ether oxygens (including phenoxy) is 1. The summed E-state index contributed by atoms with van der Waals surface area (Å²) < 4.78 is 5.07. The number of carbonyl (C=O) groups is 1. The van der Waals surface area contributed by atoms with Crippen LogP contribution in [0.15, 0.2) is 0 Å². The first-order chi connectivity index (χ1) is 6.56. The molecule has 1 amide bonds. The van der Waals surface area contributed by atoms with E-state index in [0.717, 1.165) is 6.54 Å². The van der Waals surface area contributed by atoms with Crippen LogP contribution in [-0.2, 0) is 9.53 Å². The van der Waals surface area contributed by atoms with E-state index in [1.807, 2.05) is 25.7 Å². The van der Waals surface area contributed by atoms with Crippen molar-refractivity contribution in [3.8, 4) is 0 Å². The standard InChI is InChI=1S/C10H22N2O2/c1-5-12(8(2)3)10(13)6-9(7-11)14-4/h8-9H,5-7,11H2,1-4H3. The second-order valence-electron chi connectivity index (χ2n) is 3.57. The van der Waals surface area contributed by atoms with Crippen LogP contribution in [-0.4, -0.2) is 43.2 Å². The zero-order valence-electron chi connectivity index (χ0n) is 9.62. The monoisotopic (exact) mass is 202 g/mol. The fourth-order valence-corrected chi connectivity index (χ4v) is 1.40. The van der Waals surface area contributed by atoms with Crippen LogP contribution in [0, 0.1) is 0 Å². The molecule has 0 saturated carbocycles. The lowest BCUT2D eigenvalue weighted by Crippen LogP contribution is -2.40. The van der Waals surface area contributed by atoms with Crippen LogP contribution in [0.25, 0.3) is 0 Å². The van der Waals surface area contributed by atoms with Crippen molar-refractivity contribution in [1.82, 2.24) is 4.90 Å². The van der Waals surface area contributed by atoms with Gasteiger partial charge in [-0.1, -0.05) is 0 Å². The molecule has 0 bridgehead atoms. The Labute approximate surface area is 86.4 Å². The van der Waals surface area contributed by atoms with E-state index in [4.69, 9.17) is 10.5 Å². The second kappa shape index (κ2) is 6.79. The van der Waals surface area contributed by atoms with Crippen molar-refractivity contribution in [3.05, 3.63) is 0 Å². The molecule has 0 rings (SSSR count). The summed E-state index contributed by atoms with van der Waals surface area (Å²) in [5, 5.41) is 0. The van der Waals surface area contributed by atoms with E-state index in [1.165, 1.54) is 0 Å². The molecular formula is C10H22N2O2. The normalized spacial score (nSPS) is 13.0. The zero-order chi connectivity index (χ0) is 11.1. The quantitative estimate of drug-likeness (QED) is 0.686. The third kappa shape index (κ3) is 4.07. The number of amides is 1. The van der Waals surface area contributed by atoms with E-state index in [-0.39, 0.29) is 18.1 Å². The van der Waals surface area contributed by atoms with E-state index in [0.29, 0.717) is 13.0 Å². The molecule has 4 nitrogen and oxygen atoms in total. The van der Waals surface area contributed by atoms with Crippen LogP contribution in [0.5, 0.6) is 0 Å². The van der Waals surface area contributed by atoms with Gasteiger partial charge in [0.1, 0.15) is 0 Å². The van der Waals surface area contributed by atoms with Crippen molar-refractivity contribution in [2.24, 2.45) is 5.73 Å². The van der Waals surface area contributed by atoms with Crippen LogP contribution >= 0.6 is 0 Å². The van der Waals surface area contributed by atoms with Crippen LogP contribution < -0.4 is 5.73 Å². The van der Waals surface area contributed by atoms with E-state index < -0.39 is 0 Å². The van der Waals surface area contributed by atoms with Gasteiger partial charge in [-0.05, 0) is 20.8 Å². The van der Waals surface area contributed by atoms with Crippen molar-refractivity contribution in [1.29, 1.82) is 0 Å². The average Bonchev–Trinajstić information content (AvgIpc) is 2.14. The number of hydrogen-bond acceptors (Lipinski definition) is 3. The number of rotatable bonds is 6. The van der Waals surface area contributed by atoms with Gasteiger partial charge in [-0.2, -0.15) is 0 Å². The number of nitrogens with zero attached hydrogens (tertiary/aromatic N) is 1. The summed E-state index contributed by atoms with van der Waals surface area (Å²) in [7, 11) is 1.58. The molecule has 4 heteroatoms. The molecule has 14 heavy (non-hydrogen) atoms. The molecule has 0 aliphatic rings. The topological polar surface area (TPSA) is 55.6 Å². The molecule has 0 aliphatic heterocycles. The molecule has 0 aromatic rings. The van der Waals surface area contributed by atoms with Gasteiger partial charge in [0.15, 0.2) is 0 Å². The minimum Gasteiger partial charge on any atom is -0.380 e. The van der Waals surface area contributed by atoms with Crippen LogP contribution in [0.4, 0.5) is 0 Å². The molecule has 0 saturated heterocycles. The minimum atomic E-state index is -0.157. The van der Waals surface area contributed by atoms with Gasteiger partial charge in [0.2, 0.25) is 5.91 Å². The Morgan fingerprint density at radius 1 is 1.50 bits per heavy atom. The summed E-state index contributed by atoms with van der Waals surface area (Å²) in [6.07, 6.45) is 0.217. The molecule has 1 atom stereocenters. The molecule has 0 heterocycles. The van der Waals surface area contributed by atoms with Gasteiger partial charge in [0.05, 0.1) is 12.5 Å². The fraction of sp³-hybridized carbons (Fsp3) is 0.900. The zero-order valence-corrected chi connectivity index (χ0v) is 9.62. The molecule has 2 N–H and O–H groups in total. The van der Waals surface area contributed by atoms with Crippen LogP contribution in [0.1, 0.15) is 27.2 Å². The Kier molecular flexibility index (Phi) is 6.49. The average molecular weight is 202 g/mol.